The number of aromatic nitrogens is 3. The monoisotopic (exact) mass is 353 g/mol. The van der Waals surface area contributed by atoms with E-state index in [9.17, 15) is 9.18 Å². The zero-order valence-corrected chi connectivity index (χ0v) is 14.5. The number of halogens is 1. The molecule has 0 amide bonds. The van der Waals surface area contributed by atoms with Crippen LogP contribution in [0.15, 0.2) is 47.4 Å². The van der Waals surface area contributed by atoms with Crippen LogP contribution in [0.25, 0.3) is 27.5 Å². The van der Waals surface area contributed by atoms with Gasteiger partial charge in [0.1, 0.15) is 22.8 Å². The van der Waals surface area contributed by atoms with E-state index in [0.29, 0.717) is 28.1 Å². The molecule has 0 bridgehead atoms. The molecule has 0 atom stereocenters. The zero-order valence-electron chi connectivity index (χ0n) is 14.5. The average Bonchev–Trinajstić information content (AvgIpc) is 2.95. The second-order valence-electron chi connectivity index (χ2n) is 5.88. The number of methoxy groups -OCH3 is 2. The molecule has 7 heteroatoms. The second-order valence-corrected chi connectivity index (χ2v) is 5.88. The molecule has 0 saturated heterocycles. The van der Waals surface area contributed by atoms with Gasteiger partial charge < -0.3 is 14.0 Å². The molecule has 26 heavy (non-hydrogen) atoms. The predicted molar refractivity (Wildman–Crippen MR) is 96.9 cm³/mol. The Balaban J connectivity index is 2.10. The Hall–Kier alpha value is -3.35. The third-order valence-electron chi connectivity index (χ3n) is 4.50. The van der Waals surface area contributed by atoms with Crippen LogP contribution in [0.4, 0.5) is 4.39 Å². The van der Waals surface area contributed by atoms with Crippen LogP contribution in [0.1, 0.15) is 0 Å². The molecule has 0 saturated carbocycles. The molecule has 0 fully saturated rings. The van der Waals surface area contributed by atoms with Crippen molar-refractivity contribution < 1.29 is 13.9 Å². The van der Waals surface area contributed by atoms with Gasteiger partial charge in [-0.05, 0) is 24.3 Å². The van der Waals surface area contributed by atoms with Gasteiger partial charge in [0.15, 0.2) is 0 Å². The van der Waals surface area contributed by atoms with E-state index >= 15 is 0 Å². The van der Waals surface area contributed by atoms with Crippen molar-refractivity contribution in [1.82, 2.24) is 14.3 Å². The highest BCUT2D eigenvalue weighted by atomic mass is 19.1. The van der Waals surface area contributed by atoms with Gasteiger partial charge in [-0.15, -0.1) is 0 Å². The van der Waals surface area contributed by atoms with Crippen LogP contribution < -0.4 is 15.0 Å². The van der Waals surface area contributed by atoms with Gasteiger partial charge in [-0.2, -0.15) is 9.78 Å². The Morgan fingerprint density at radius 1 is 1.08 bits per heavy atom. The lowest BCUT2D eigenvalue weighted by molar-refractivity contribution is 0.398. The number of rotatable bonds is 3. The third kappa shape index (κ3) is 2.24. The standard InChI is InChI=1S/C19H16FN3O3/c1-22-15-8-13(25-2)9-16(26-3)17(15)14-10-21-23(19(24)18(14)22)12-6-4-11(20)5-7-12/h4-10H,1-3H3. The normalized spacial score (nSPS) is 11.2. The molecule has 0 unspecified atom stereocenters. The lowest BCUT2D eigenvalue weighted by Gasteiger charge is -2.06. The smallest absolute Gasteiger partial charge is 0.296 e. The number of nitrogens with zero attached hydrogens (tertiary/aromatic N) is 3. The van der Waals surface area contributed by atoms with E-state index < -0.39 is 0 Å². The summed E-state index contributed by atoms with van der Waals surface area (Å²) in [6.45, 7) is 0. The van der Waals surface area contributed by atoms with Gasteiger partial charge in [0.05, 0.1) is 37.0 Å². The van der Waals surface area contributed by atoms with Crippen molar-refractivity contribution >= 4 is 21.8 Å². The zero-order chi connectivity index (χ0) is 18.4. The fourth-order valence-corrected chi connectivity index (χ4v) is 3.23. The molecular formula is C19H16FN3O3. The summed E-state index contributed by atoms with van der Waals surface area (Å²) in [4.78, 5) is 13.1. The van der Waals surface area contributed by atoms with Crippen molar-refractivity contribution in [3.8, 4) is 17.2 Å². The first-order valence-electron chi connectivity index (χ1n) is 7.93. The van der Waals surface area contributed by atoms with Crippen LogP contribution in [0.5, 0.6) is 11.5 Å². The van der Waals surface area contributed by atoms with Gasteiger partial charge in [0.25, 0.3) is 5.56 Å². The highest BCUT2D eigenvalue weighted by Crippen LogP contribution is 2.36. The summed E-state index contributed by atoms with van der Waals surface area (Å²) in [7, 11) is 4.95. The van der Waals surface area contributed by atoms with Crippen molar-refractivity contribution in [2.75, 3.05) is 14.2 Å². The van der Waals surface area contributed by atoms with Crippen molar-refractivity contribution in [2.45, 2.75) is 0 Å². The summed E-state index contributed by atoms with van der Waals surface area (Å²) >= 11 is 0. The second kappa shape index (κ2) is 5.87. The van der Waals surface area contributed by atoms with Crippen LogP contribution in [-0.4, -0.2) is 28.6 Å². The highest BCUT2D eigenvalue weighted by molar-refractivity contribution is 6.11. The first-order chi connectivity index (χ1) is 12.5. The molecule has 2 aromatic heterocycles. The Kier molecular flexibility index (Phi) is 3.64. The van der Waals surface area contributed by atoms with Gasteiger partial charge in [-0.25, -0.2) is 4.39 Å². The Labute approximate surface area is 148 Å². The number of fused-ring (bicyclic) bond motifs is 3. The lowest BCUT2D eigenvalue weighted by atomic mass is 10.1. The Bertz CT molecular complexity index is 1190. The summed E-state index contributed by atoms with van der Waals surface area (Å²) in [5.41, 5.74) is 1.47. The van der Waals surface area contributed by atoms with Crippen LogP contribution in [0.3, 0.4) is 0 Å². The van der Waals surface area contributed by atoms with E-state index in [0.717, 1.165) is 10.9 Å². The molecule has 2 heterocycles. The lowest BCUT2D eigenvalue weighted by Crippen LogP contribution is -2.22. The predicted octanol–water partition coefficient (Wildman–Crippen LogP) is 3.03. The summed E-state index contributed by atoms with van der Waals surface area (Å²) in [5.74, 6) is 0.863. The Morgan fingerprint density at radius 3 is 2.46 bits per heavy atom. The van der Waals surface area contributed by atoms with Crippen LogP contribution in [0, 0.1) is 5.82 Å². The number of benzene rings is 2. The molecular weight excluding hydrogens is 337 g/mol. The molecule has 0 N–H and O–H groups in total. The van der Waals surface area contributed by atoms with Crippen LogP contribution >= 0.6 is 0 Å². The largest absolute Gasteiger partial charge is 0.497 e. The summed E-state index contributed by atoms with van der Waals surface area (Å²) in [5, 5.41) is 5.75. The molecule has 0 aliphatic carbocycles. The van der Waals surface area contributed by atoms with Crippen molar-refractivity contribution in [2.24, 2.45) is 7.05 Å². The van der Waals surface area contributed by atoms with Crippen molar-refractivity contribution in [1.29, 1.82) is 0 Å². The average molecular weight is 353 g/mol. The van der Waals surface area contributed by atoms with Crippen molar-refractivity contribution in [3.05, 3.63) is 58.8 Å². The molecule has 4 rings (SSSR count). The van der Waals surface area contributed by atoms with Gasteiger partial charge >= 0.3 is 0 Å². The van der Waals surface area contributed by atoms with Crippen molar-refractivity contribution in [3.63, 3.8) is 0 Å². The molecule has 0 radical (unpaired) electrons. The quantitative estimate of drug-likeness (QED) is 0.568. The van der Waals surface area contributed by atoms with E-state index in [1.807, 2.05) is 6.07 Å². The van der Waals surface area contributed by atoms with Crippen LogP contribution in [0.2, 0.25) is 0 Å². The number of ether oxygens (including phenoxy) is 2. The van der Waals surface area contributed by atoms with E-state index in [-0.39, 0.29) is 11.4 Å². The molecule has 2 aromatic carbocycles. The third-order valence-corrected chi connectivity index (χ3v) is 4.50. The highest BCUT2D eigenvalue weighted by Gasteiger charge is 2.19. The van der Waals surface area contributed by atoms with Gasteiger partial charge in [-0.1, -0.05) is 0 Å². The molecule has 132 valence electrons. The maximum absolute atomic E-state index is 13.2. The number of aryl methyl sites for hydroxylation is 1. The minimum absolute atomic E-state index is 0.297. The molecule has 0 aliphatic rings. The minimum Gasteiger partial charge on any atom is -0.497 e. The summed E-state index contributed by atoms with van der Waals surface area (Å²) in [6.07, 6.45) is 1.62. The number of hydrogen-bond donors (Lipinski definition) is 0. The molecule has 0 aliphatic heterocycles. The fraction of sp³-hybridized carbons (Fsp3) is 0.158. The Morgan fingerprint density at radius 2 is 1.81 bits per heavy atom. The summed E-state index contributed by atoms with van der Waals surface area (Å²) in [6, 6.07) is 9.24. The first-order valence-corrected chi connectivity index (χ1v) is 7.93. The SMILES string of the molecule is COc1cc(OC)c2c3cnn(-c4ccc(F)cc4)c(=O)c3n(C)c2c1. The minimum atomic E-state index is -0.371. The topological polar surface area (TPSA) is 58.3 Å². The molecule has 0 spiro atoms. The summed E-state index contributed by atoms with van der Waals surface area (Å²) < 4.78 is 27.0. The maximum Gasteiger partial charge on any atom is 0.296 e. The fourth-order valence-electron chi connectivity index (χ4n) is 3.23. The van der Waals surface area contributed by atoms with E-state index in [2.05, 4.69) is 5.10 Å². The maximum atomic E-state index is 13.2. The van der Waals surface area contributed by atoms with E-state index in [1.54, 1.807) is 38.1 Å². The first kappa shape index (κ1) is 16.1. The van der Waals surface area contributed by atoms with E-state index in [1.165, 1.54) is 28.9 Å². The van der Waals surface area contributed by atoms with Gasteiger partial charge in [-0.3, -0.25) is 4.79 Å². The van der Waals surface area contributed by atoms with Crippen LogP contribution in [-0.2, 0) is 7.05 Å². The van der Waals surface area contributed by atoms with Gasteiger partial charge in [0, 0.05) is 24.6 Å². The molecule has 6 nitrogen and oxygen atoms in total. The van der Waals surface area contributed by atoms with Gasteiger partial charge in [0.2, 0.25) is 0 Å². The molecule has 4 aromatic rings. The van der Waals surface area contributed by atoms with E-state index in [4.69, 9.17) is 9.47 Å². The number of hydrogen-bond acceptors (Lipinski definition) is 4.